The molecule has 0 saturated heterocycles. The minimum absolute atomic E-state index is 0.0499. The van der Waals surface area contributed by atoms with Crippen molar-refractivity contribution in [2.24, 2.45) is 5.92 Å². The molecule has 0 bridgehead atoms. The maximum absolute atomic E-state index is 12.6. The van der Waals surface area contributed by atoms with Crippen molar-refractivity contribution in [3.63, 3.8) is 0 Å². The summed E-state index contributed by atoms with van der Waals surface area (Å²) in [5, 5.41) is 0. The molecular weight excluding hydrogens is 420 g/mol. The van der Waals surface area contributed by atoms with Gasteiger partial charge in [-0.1, -0.05) is 0 Å². The summed E-state index contributed by atoms with van der Waals surface area (Å²) >= 11 is 1.31. The van der Waals surface area contributed by atoms with E-state index in [4.69, 9.17) is 0 Å². The van der Waals surface area contributed by atoms with Crippen molar-refractivity contribution in [3.05, 3.63) is 46.2 Å². The first kappa shape index (κ1) is 15.3. The third kappa shape index (κ3) is 3.32. The monoisotopic (exact) mass is 440 g/mol. The van der Waals surface area contributed by atoms with Gasteiger partial charge in [-0.05, 0) is 0 Å². The number of hydrogen-bond donors (Lipinski definition) is 0. The zero-order valence-electron chi connectivity index (χ0n) is 12.1. The normalized spacial score (nSPS) is 15.2. The summed E-state index contributed by atoms with van der Waals surface area (Å²) < 4.78 is 3.78. The number of aromatic nitrogens is 2. The molecule has 4 heteroatoms. The predicted octanol–water partition coefficient (Wildman–Crippen LogP) is 2.58. The van der Waals surface area contributed by atoms with Gasteiger partial charge in [-0.3, -0.25) is 0 Å². The zero-order valence-corrected chi connectivity index (χ0v) is 15.0. The van der Waals surface area contributed by atoms with Gasteiger partial charge in [-0.15, -0.1) is 0 Å². The van der Waals surface area contributed by atoms with Gasteiger partial charge in [0.1, 0.15) is 0 Å². The van der Waals surface area contributed by atoms with Crippen LogP contribution in [0.1, 0.15) is 36.3 Å². The Morgan fingerprint density at radius 3 is 2.75 bits per heavy atom. The number of hydrogen-bond acceptors (Lipinski definition) is 2. The Hall–Kier alpha value is -1.08. The second-order valence-corrected chi connectivity index (χ2v) is 6.15. The van der Waals surface area contributed by atoms with Gasteiger partial charge in [-0.2, -0.15) is 0 Å². The van der Waals surface area contributed by atoms with Gasteiger partial charge < -0.3 is 0 Å². The van der Waals surface area contributed by atoms with E-state index < -0.39 is 0 Å². The van der Waals surface area contributed by atoms with Gasteiger partial charge >= 0.3 is 131 Å². The molecule has 20 heavy (non-hydrogen) atoms. The Labute approximate surface area is 130 Å². The number of aryl methyl sites for hydroxylation is 2. The molecule has 2 rings (SSSR count). The van der Waals surface area contributed by atoms with E-state index in [0.717, 1.165) is 41.5 Å². The van der Waals surface area contributed by atoms with Crippen LogP contribution in [-0.4, -0.2) is 14.0 Å². The van der Waals surface area contributed by atoms with E-state index in [0.29, 0.717) is 0 Å². The van der Waals surface area contributed by atoms with Crippen molar-refractivity contribution in [1.82, 2.24) is 9.55 Å². The summed E-state index contributed by atoms with van der Waals surface area (Å²) in [5.41, 5.74) is 2.51. The fourth-order valence-corrected chi connectivity index (χ4v) is 2.89. The topological polar surface area (TPSA) is 34.9 Å². The van der Waals surface area contributed by atoms with Gasteiger partial charge in [0.25, 0.3) is 0 Å². The van der Waals surface area contributed by atoms with Crippen LogP contribution in [0.2, 0.25) is 0 Å². The first-order valence-electron chi connectivity index (χ1n) is 6.96. The van der Waals surface area contributed by atoms with Gasteiger partial charge in [0.05, 0.1) is 0 Å². The van der Waals surface area contributed by atoms with Crippen LogP contribution >= 0.6 is 0 Å². The van der Waals surface area contributed by atoms with Crippen LogP contribution in [0.5, 0.6) is 0 Å². The summed E-state index contributed by atoms with van der Waals surface area (Å²) in [4.78, 5) is 17.2. The third-order valence-corrected chi connectivity index (χ3v) is 4.63. The SMILES string of the molecule is C=C/C=C(\[CH]=[W])n1c(CCC2CC2)nc(C)c(C)c1=O. The molecule has 1 aromatic rings. The quantitative estimate of drug-likeness (QED) is 0.638. The fraction of sp³-hybridized carbons (Fsp3) is 0.438. The third-order valence-electron chi connectivity index (χ3n) is 3.76. The Balaban J connectivity index is 2.51. The van der Waals surface area contributed by atoms with Crippen molar-refractivity contribution in [2.75, 3.05) is 0 Å². The van der Waals surface area contributed by atoms with Crippen LogP contribution in [0.4, 0.5) is 0 Å². The zero-order chi connectivity index (χ0) is 14.7. The van der Waals surface area contributed by atoms with E-state index >= 15 is 0 Å². The molecule has 0 aromatic carbocycles. The average Bonchev–Trinajstić information content (AvgIpc) is 3.25. The molecule has 0 unspecified atom stereocenters. The molecule has 1 aliphatic carbocycles. The first-order chi connectivity index (χ1) is 9.58. The number of rotatable bonds is 6. The Kier molecular flexibility index (Phi) is 5.04. The van der Waals surface area contributed by atoms with Crippen molar-refractivity contribution < 1.29 is 19.4 Å². The molecule has 106 valence electrons. The Morgan fingerprint density at radius 1 is 1.50 bits per heavy atom. The summed E-state index contributed by atoms with van der Waals surface area (Å²) in [7, 11) is 0. The molecule has 3 nitrogen and oxygen atoms in total. The molecular formula is C16H20N2OW. The van der Waals surface area contributed by atoms with Crippen molar-refractivity contribution >= 4 is 10.1 Å². The van der Waals surface area contributed by atoms with Crippen LogP contribution in [0.15, 0.2) is 23.5 Å². The minimum atomic E-state index is 0.0499. The Morgan fingerprint density at radius 2 is 2.20 bits per heavy atom. The van der Waals surface area contributed by atoms with Crippen LogP contribution < -0.4 is 5.56 Å². The molecule has 0 spiro atoms. The fourth-order valence-electron chi connectivity index (χ4n) is 2.23. The number of allylic oxidation sites excluding steroid dienone is 3. The molecule has 0 aliphatic heterocycles. The van der Waals surface area contributed by atoms with E-state index in [2.05, 4.69) is 11.6 Å². The molecule has 0 radical (unpaired) electrons. The second-order valence-electron chi connectivity index (χ2n) is 5.31. The van der Waals surface area contributed by atoms with Crippen LogP contribution in [0.25, 0.3) is 5.70 Å². The average molecular weight is 440 g/mol. The van der Waals surface area contributed by atoms with E-state index in [1.165, 1.54) is 32.2 Å². The molecule has 1 saturated carbocycles. The molecule has 0 N–H and O–H groups in total. The summed E-state index contributed by atoms with van der Waals surface area (Å²) in [5.74, 6) is 1.72. The van der Waals surface area contributed by atoms with Crippen LogP contribution in [0.3, 0.4) is 0 Å². The molecule has 0 amide bonds. The van der Waals surface area contributed by atoms with Crippen molar-refractivity contribution in [1.29, 1.82) is 0 Å². The molecule has 0 atom stereocenters. The van der Waals surface area contributed by atoms with E-state index in [1.54, 1.807) is 10.6 Å². The van der Waals surface area contributed by atoms with Gasteiger partial charge in [0.2, 0.25) is 0 Å². The van der Waals surface area contributed by atoms with Crippen molar-refractivity contribution in [3.8, 4) is 0 Å². The van der Waals surface area contributed by atoms with Crippen LogP contribution in [0, 0.1) is 19.8 Å². The standard InChI is InChI=1S/C16H20N2O.W/c1-5-6-11(2)18-15(10-9-14-7-8-14)17-13(4)12(3)16(18)19;/h2,5-6,14H,1,7-10H2,3-4H3;/b11-6+;. The summed E-state index contributed by atoms with van der Waals surface area (Å²) in [6, 6.07) is 0. The predicted molar refractivity (Wildman–Crippen MR) is 79.6 cm³/mol. The molecule has 1 heterocycles. The second kappa shape index (κ2) is 6.58. The van der Waals surface area contributed by atoms with Crippen LogP contribution in [-0.2, 0) is 25.8 Å². The van der Waals surface area contributed by atoms with Gasteiger partial charge in [0, 0.05) is 0 Å². The van der Waals surface area contributed by atoms with Gasteiger partial charge in [0.15, 0.2) is 0 Å². The molecule has 1 fully saturated rings. The Bertz CT molecular complexity index is 624. The van der Waals surface area contributed by atoms with Gasteiger partial charge in [-0.25, -0.2) is 0 Å². The molecule has 1 aliphatic rings. The van der Waals surface area contributed by atoms with E-state index in [-0.39, 0.29) is 5.56 Å². The van der Waals surface area contributed by atoms with E-state index in [1.807, 2.05) is 24.3 Å². The summed E-state index contributed by atoms with van der Waals surface area (Å²) in [6.45, 7) is 7.50. The maximum atomic E-state index is 12.6. The van der Waals surface area contributed by atoms with E-state index in [9.17, 15) is 4.79 Å². The summed E-state index contributed by atoms with van der Waals surface area (Å²) in [6.07, 6.45) is 8.26. The first-order valence-corrected chi connectivity index (χ1v) is 8.65. The van der Waals surface area contributed by atoms with Crippen molar-refractivity contribution in [2.45, 2.75) is 39.5 Å². The number of nitrogens with zero attached hydrogens (tertiary/aromatic N) is 2. The molecule has 1 aromatic heterocycles.